The van der Waals surface area contributed by atoms with E-state index in [0.29, 0.717) is 25.6 Å². The summed E-state index contributed by atoms with van der Waals surface area (Å²) in [4.78, 5) is 20.0. The van der Waals surface area contributed by atoms with Crippen molar-refractivity contribution in [2.24, 2.45) is 4.99 Å². The van der Waals surface area contributed by atoms with Crippen LogP contribution in [0.25, 0.3) is 0 Å². The summed E-state index contributed by atoms with van der Waals surface area (Å²) in [7, 11) is 0.173. The molecule has 0 aliphatic carbocycles. The Balaban J connectivity index is 0.00000420. The zero-order valence-corrected chi connectivity index (χ0v) is 20.7. The molecule has 170 valence electrons. The first-order valence-corrected chi connectivity index (χ1v) is 11.6. The maximum absolute atomic E-state index is 11.9. The molecule has 10 nitrogen and oxygen atoms in total. The molecule has 2 fully saturated rings. The maximum atomic E-state index is 11.9. The molecule has 0 aromatic heterocycles. The van der Waals surface area contributed by atoms with E-state index in [0.717, 1.165) is 45.7 Å². The number of hydrogen-bond acceptors (Lipinski definition) is 6. The summed E-state index contributed by atoms with van der Waals surface area (Å²) in [5.41, 5.74) is 0. The van der Waals surface area contributed by atoms with Gasteiger partial charge in [0.15, 0.2) is 5.96 Å². The van der Waals surface area contributed by atoms with Crippen molar-refractivity contribution in [3.63, 3.8) is 0 Å². The molecule has 0 bridgehead atoms. The van der Waals surface area contributed by atoms with E-state index >= 15 is 0 Å². The molecule has 2 N–H and O–H groups in total. The summed E-state index contributed by atoms with van der Waals surface area (Å²) >= 11 is 0. The van der Waals surface area contributed by atoms with Gasteiger partial charge in [0.1, 0.15) is 6.54 Å². The highest BCUT2D eigenvalue weighted by Gasteiger charge is 2.31. The van der Waals surface area contributed by atoms with E-state index in [-0.39, 0.29) is 42.5 Å². The van der Waals surface area contributed by atoms with Crippen LogP contribution < -0.4 is 10.6 Å². The minimum absolute atomic E-state index is 0. The smallest absolute Gasteiger partial charge is 0.243 e. The summed E-state index contributed by atoms with van der Waals surface area (Å²) in [5.74, 6) is 0.441. The van der Waals surface area contributed by atoms with Crippen molar-refractivity contribution in [3.8, 4) is 0 Å². The predicted molar refractivity (Wildman–Crippen MR) is 124 cm³/mol. The van der Waals surface area contributed by atoms with Crippen molar-refractivity contribution in [1.82, 2.24) is 24.7 Å². The monoisotopic (exact) mass is 546 g/mol. The van der Waals surface area contributed by atoms with Crippen LogP contribution in [-0.2, 0) is 19.6 Å². The summed E-state index contributed by atoms with van der Waals surface area (Å²) < 4.78 is 30.7. The number of hydrogen-bond donors (Lipinski definition) is 2. The number of guanidine groups is 1. The van der Waals surface area contributed by atoms with Gasteiger partial charge in [-0.1, -0.05) is 0 Å². The Labute approximate surface area is 191 Å². The van der Waals surface area contributed by atoms with Crippen LogP contribution in [0.3, 0.4) is 0 Å². The van der Waals surface area contributed by atoms with Gasteiger partial charge in [0.05, 0.1) is 19.5 Å². The molecule has 1 amide bonds. The van der Waals surface area contributed by atoms with Crippen molar-refractivity contribution >= 4 is 45.9 Å². The van der Waals surface area contributed by atoms with Crippen molar-refractivity contribution < 1.29 is 17.9 Å². The van der Waals surface area contributed by atoms with Crippen LogP contribution in [0, 0.1) is 0 Å². The molecule has 2 saturated heterocycles. The molecule has 2 aliphatic rings. The van der Waals surface area contributed by atoms with Gasteiger partial charge in [-0.3, -0.25) is 9.69 Å². The van der Waals surface area contributed by atoms with E-state index < -0.39 is 10.0 Å². The largest absolute Gasteiger partial charge is 0.379 e. The Morgan fingerprint density at radius 3 is 2.52 bits per heavy atom. The van der Waals surface area contributed by atoms with Crippen LogP contribution in [-0.4, -0.2) is 120 Å². The topological polar surface area (TPSA) is 107 Å². The maximum Gasteiger partial charge on any atom is 0.243 e. The molecular formula is C17H35IN6O4S. The van der Waals surface area contributed by atoms with E-state index in [2.05, 4.69) is 20.5 Å². The summed E-state index contributed by atoms with van der Waals surface area (Å²) in [6, 6.07) is -0.0919. The number of nitrogens with zero attached hydrogens (tertiary/aromatic N) is 4. The Bertz CT molecular complexity index is 640. The molecule has 2 heterocycles. The normalized spacial score (nSPS) is 21.5. The number of likely N-dealkylation sites (N-methyl/N-ethyl adjacent to an activating group) is 1. The highest BCUT2D eigenvalue weighted by atomic mass is 127. The first-order valence-electron chi connectivity index (χ1n) is 9.76. The molecular weight excluding hydrogens is 511 g/mol. The van der Waals surface area contributed by atoms with Gasteiger partial charge in [-0.15, -0.1) is 24.0 Å². The van der Waals surface area contributed by atoms with Crippen molar-refractivity contribution in [3.05, 3.63) is 0 Å². The van der Waals surface area contributed by atoms with E-state index in [1.54, 1.807) is 14.1 Å². The van der Waals surface area contributed by atoms with Gasteiger partial charge < -0.3 is 20.3 Å². The summed E-state index contributed by atoms with van der Waals surface area (Å²) in [5, 5.41) is 6.47. The van der Waals surface area contributed by atoms with Gasteiger partial charge in [0.25, 0.3) is 0 Å². The third-order valence-electron chi connectivity index (χ3n) is 4.95. The number of carbonyl (C=O) groups is 1. The fourth-order valence-corrected chi connectivity index (χ4v) is 4.47. The minimum atomic E-state index is -3.21. The number of sulfonamides is 1. The van der Waals surface area contributed by atoms with Crippen LogP contribution >= 0.6 is 24.0 Å². The number of carbonyl (C=O) groups excluding carboxylic acids is 1. The third kappa shape index (κ3) is 9.32. The molecule has 0 saturated carbocycles. The van der Waals surface area contributed by atoms with Crippen LogP contribution in [0.1, 0.15) is 12.8 Å². The summed E-state index contributed by atoms with van der Waals surface area (Å²) in [6.45, 7) is 5.92. The third-order valence-corrected chi connectivity index (χ3v) is 6.28. The fourth-order valence-electron chi connectivity index (χ4n) is 3.28. The molecule has 2 aliphatic heterocycles. The minimum Gasteiger partial charge on any atom is -0.379 e. The Morgan fingerprint density at radius 2 is 1.90 bits per heavy atom. The molecule has 0 spiro atoms. The molecule has 0 unspecified atom stereocenters. The fraction of sp³-hybridized carbons (Fsp3) is 0.882. The van der Waals surface area contributed by atoms with Crippen LogP contribution in [0.4, 0.5) is 0 Å². The number of halogens is 1. The molecule has 12 heteroatoms. The van der Waals surface area contributed by atoms with E-state index in [4.69, 9.17) is 4.74 Å². The van der Waals surface area contributed by atoms with E-state index in [1.807, 2.05) is 0 Å². The second-order valence-corrected chi connectivity index (χ2v) is 9.32. The zero-order valence-electron chi connectivity index (χ0n) is 17.6. The molecule has 29 heavy (non-hydrogen) atoms. The van der Waals surface area contributed by atoms with E-state index in [1.165, 1.54) is 15.5 Å². The average Bonchev–Trinajstić information content (AvgIpc) is 3.13. The second-order valence-electron chi connectivity index (χ2n) is 7.38. The first-order chi connectivity index (χ1) is 13.3. The SMILES string of the molecule is CN(C)C(=O)CN=C(NCCN1CCOCC1)NC[C@H]1CCCN1S(C)(=O)=O.I. The quantitative estimate of drug-likeness (QED) is 0.228. The van der Waals surface area contributed by atoms with Gasteiger partial charge >= 0.3 is 0 Å². The lowest BCUT2D eigenvalue weighted by molar-refractivity contribution is -0.127. The van der Waals surface area contributed by atoms with Crippen LogP contribution in [0.5, 0.6) is 0 Å². The van der Waals surface area contributed by atoms with Crippen molar-refractivity contribution in [1.29, 1.82) is 0 Å². The molecule has 0 aromatic rings. The van der Waals surface area contributed by atoms with Crippen LogP contribution in [0.2, 0.25) is 0 Å². The second kappa shape index (κ2) is 12.9. The van der Waals surface area contributed by atoms with Crippen molar-refractivity contribution in [2.75, 3.05) is 79.4 Å². The molecule has 2 rings (SSSR count). The zero-order chi connectivity index (χ0) is 20.6. The van der Waals surface area contributed by atoms with Crippen LogP contribution in [0.15, 0.2) is 4.99 Å². The van der Waals surface area contributed by atoms with Gasteiger partial charge in [-0.25, -0.2) is 13.4 Å². The number of amides is 1. The average molecular weight is 546 g/mol. The lowest BCUT2D eigenvalue weighted by Crippen LogP contribution is -2.48. The van der Waals surface area contributed by atoms with Gasteiger partial charge in [-0.05, 0) is 12.8 Å². The number of nitrogens with one attached hydrogen (secondary N) is 2. The highest BCUT2D eigenvalue weighted by molar-refractivity contribution is 14.0. The van der Waals surface area contributed by atoms with E-state index in [9.17, 15) is 13.2 Å². The number of ether oxygens (including phenoxy) is 1. The van der Waals surface area contributed by atoms with Crippen molar-refractivity contribution in [2.45, 2.75) is 18.9 Å². The predicted octanol–water partition coefficient (Wildman–Crippen LogP) is -1.02. The van der Waals surface area contributed by atoms with Gasteiger partial charge in [0.2, 0.25) is 15.9 Å². The lowest BCUT2D eigenvalue weighted by atomic mass is 10.2. The molecule has 0 radical (unpaired) electrons. The number of aliphatic imine (C=N–C) groups is 1. The Morgan fingerprint density at radius 1 is 1.21 bits per heavy atom. The summed E-state index contributed by atoms with van der Waals surface area (Å²) in [6.07, 6.45) is 2.92. The molecule has 1 atom stereocenters. The van der Waals surface area contributed by atoms with Gasteiger partial charge in [-0.2, -0.15) is 4.31 Å². The lowest BCUT2D eigenvalue weighted by Gasteiger charge is -2.27. The Kier molecular flexibility index (Phi) is 11.7. The Hall–Kier alpha value is -0.700. The highest BCUT2D eigenvalue weighted by Crippen LogP contribution is 2.19. The number of morpholine rings is 1. The first kappa shape index (κ1) is 26.3. The van der Waals surface area contributed by atoms with Gasteiger partial charge in [0, 0.05) is 59.4 Å². The number of rotatable bonds is 8. The standard InChI is InChI=1S/C17H34N6O4S.HI/c1-21(2)16(24)14-20-17(18-6-8-22-9-11-27-12-10-22)19-13-15-5-4-7-23(15)28(3,25)26;/h15H,4-14H2,1-3H3,(H2,18,19,20);1H/t15-;/m1./s1. The molecule has 0 aromatic carbocycles.